The summed E-state index contributed by atoms with van der Waals surface area (Å²) in [6.45, 7) is 17.1. The maximum absolute atomic E-state index is 14.6. The number of ether oxygens (including phenoxy) is 7. The Kier molecular flexibility index (Phi) is 21.7. The molecule has 0 atom stereocenters. The van der Waals surface area contributed by atoms with E-state index in [1.54, 1.807) is 56.7 Å². The zero-order chi connectivity index (χ0) is 59.6. The van der Waals surface area contributed by atoms with Crippen molar-refractivity contribution in [1.82, 2.24) is 0 Å². The van der Waals surface area contributed by atoms with E-state index < -0.39 is 20.0 Å². The highest BCUT2D eigenvalue weighted by Gasteiger charge is 2.50. The fourth-order valence-corrected chi connectivity index (χ4v) is 13.9. The number of methoxy groups -OCH3 is 2. The van der Waals surface area contributed by atoms with E-state index in [4.69, 9.17) is 37.6 Å². The third-order valence-corrected chi connectivity index (χ3v) is 18.3. The first kappa shape index (κ1) is 62.1. The lowest BCUT2D eigenvalue weighted by atomic mass is 10.1. The van der Waals surface area contributed by atoms with Crippen molar-refractivity contribution in [2.75, 3.05) is 50.4 Å². The predicted molar refractivity (Wildman–Crippen MR) is 326 cm³/mol. The van der Waals surface area contributed by atoms with Gasteiger partial charge in [0.25, 0.3) is 8.32 Å². The number of halogens is 2. The summed E-state index contributed by atoms with van der Waals surface area (Å²) in [7, 11) is 0.402. The highest BCUT2D eigenvalue weighted by Crippen LogP contribution is 2.40. The van der Waals surface area contributed by atoms with E-state index in [0.29, 0.717) is 88.3 Å². The summed E-state index contributed by atoms with van der Waals surface area (Å²) in [5, 5.41) is 2.21. The smallest absolute Gasteiger partial charge is 0.261 e. The predicted octanol–water partition coefficient (Wildman–Crippen LogP) is 14.5. The lowest BCUT2D eigenvalue weighted by Crippen LogP contribution is -2.66. The second-order valence-electron chi connectivity index (χ2n) is 21.4. The highest BCUT2D eigenvalue weighted by atomic mass is 28.4. The van der Waals surface area contributed by atoms with Crippen molar-refractivity contribution in [3.8, 4) is 46.0 Å². The molecule has 0 aliphatic carbocycles. The maximum Gasteiger partial charge on any atom is 0.261 e. The third-order valence-electron chi connectivity index (χ3n) is 13.3. The SMILES string of the molecule is COc1ccc(OCCOC(C)(C)C)c(CN(C(C)=O)c2cc(F)ccc2Oc2ccccc2)c1.COc1ccc(OCCO[Si](c2ccccc2)(c2ccccc2)C(C)(C)C)c(CN(C(C)=O)c2cc(F)ccc2Oc2ccccc2)c1. The summed E-state index contributed by atoms with van der Waals surface area (Å²) in [4.78, 5) is 28.8. The van der Waals surface area contributed by atoms with Crippen LogP contribution in [0.2, 0.25) is 5.04 Å². The normalized spacial score (nSPS) is 11.4. The zero-order valence-corrected chi connectivity index (χ0v) is 50.0. The van der Waals surface area contributed by atoms with Gasteiger partial charge in [-0.25, -0.2) is 8.78 Å². The summed E-state index contributed by atoms with van der Waals surface area (Å²) in [5.74, 6) is 2.68. The molecule has 0 saturated heterocycles. The number of carbonyl (C=O) groups is 2. The van der Waals surface area contributed by atoms with Gasteiger partial charge in [-0.1, -0.05) is 118 Å². The van der Waals surface area contributed by atoms with Crippen LogP contribution in [0.4, 0.5) is 20.2 Å². The van der Waals surface area contributed by atoms with Crippen molar-refractivity contribution in [3.05, 3.63) is 217 Å². The van der Waals surface area contributed by atoms with E-state index in [1.807, 2.05) is 87.5 Å². The Balaban J connectivity index is 0.000000251. The van der Waals surface area contributed by atoms with Crippen molar-refractivity contribution in [2.24, 2.45) is 0 Å². The molecule has 83 heavy (non-hydrogen) atoms. The third kappa shape index (κ3) is 17.0. The maximum atomic E-state index is 14.6. The minimum Gasteiger partial charge on any atom is -0.497 e. The Morgan fingerprint density at radius 3 is 1.18 bits per heavy atom. The van der Waals surface area contributed by atoms with Crippen LogP contribution in [-0.2, 0) is 31.8 Å². The van der Waals surface area contributed by atoms with Crippen LogP contribution in [0.15, 0.2) is 194 Å². The molecule has 15 heteroatoms. The topological polar surface area (TPSA) is 114 Å². The van der Waals surface area contributed by atoms with E-state index in [2.05, 4.69) is 69.3 Å². The summed E-state index contributed by atoms with van der Waals surface area (Å²) < 4.78 is 77.0. The van der Waals surface area contributed by atoms with Crippen LogP contribution in [0.25, 0.3) is 0 Å². The first-order chi connectivity index (χ1) is 39.8. The van der Waals surface area contributed by atoms with Gasteiger partial charge in [-0.15, -0.1) is 0 Å². The van der Waals surface area contributed by atoms with E-state index in [9.17, 15) is 18.4 Å². The Morgan fingerprint density at radius 1 is 0.446 bits per heavy atom. The fraction of sp³-hybridized carbons (Fsp3) is 0.265. The van der Waals surface area contributed by atoms with Gasteiger partial charge in [-0.3, -0.25) is 9.59 Å². The van der Waals surface area contributed by atoms with Gasteiger partial charge in [-0.2, -0.15) is 0 Å². The van der Waals surface area contributed by atoms with Crippen LogP contribution in [0.5, 0.6) is 46.0 Å². The lowest BCUT2D eigenvalue weighted by Gasteiger charge is -2.43. The average Bonchev–Trinajstić information content (AvgIpc) is 3.60. The van der Waals surface area contributed by atoms with Crippen LogP contribution in [0.1, 0.15) is 66.5 Å². The van der Waals surface area contributed by atoms with Crippen molar-refractivity contribution < 1.29 is 56.0 Å². The average molecular weight is 1150 g/mol. The van der Waals surface area contributed by atoms with Crippen molar-refractivity contribution in [2.45, 2.75) is 79.1 Å². The largest absolute Gasteiger partial charge is 0.497 e. The van der Waals surface area contributed by atoms with Crippen LogP contribution < -0.4 is 48.6 Å². The number of anilines is 2. The minimum atomic E-state index is -2.75. The van der Waals surface area contributed by atoms with Gasteiger partial charge in [-0.05, 0) is 121 Å². The summed E-state index contributed by atoms with van der Waals surface area (Å²) >= 11 is 0. The molecule has 0 bridgehead atoms. The molecule has 0 spiro atoms. The minimum absolute atomic E-state index is 0.0893. The number of amides is 2. The number of nitrogens with zero attached hydrogens (tertiary/aromatic N) is 2. The molecule has 0 N–H and O–H groups in total. The molecule has 8 aromatic carbocycles. The van der Waals surface area contributed by atoms with E-state index in [0.717, 1.165) is 0 Å². The quantitative estimate of drug-likeness (QED) is 0.0453. The Bertz CT molecular complexity index is 3320. The molecule has 0 heterocycles. The van der Waals surface area contributed by atoms with E-state index in [-0.39, 0.29) is 42.2 Å². The monoisotopic (exact) mass is 1140 g/mol. The number of carbonyl (C=O) groups excluding carboxylic acids is 2. The molecular weight excluding hydrogens is 1070 g/mol. The van der Waals surface area contributed by atoms with Crippen LogP contribution in [-0.4, -0.2) is 66.4 Å². The van der Waals surface area contributed by atoms with Gasteiger partial charge in [0.15, 0.2) is 11.5 Å². The molecular formula is C68H74F2N2O10Si. The van der Waals surface area contributed by atoms with Crippen LogP contribution in [0.3, 0.4) is 0 Å². The zero-order valence-electron chi connectivity index (χ0n) is 49.0. The summed E-state index contributed by atoms with van der Waals surface area (Å²) in [6, 6.07) is 58.3. The number of benzene rings is 8. The molecule has 8 aromatic rings. The highest BCUT2D eigenvalue weighted by molar-refractivity contribution is 6.99. The second-order valence-corrected chi connectivity index (χ2v) is 25.7. The standard InChI is InChI=1S/C40H42FNO5Si.C28H32FNO5/c1-30(43)42(37-28-32(41)21-23-39(37)47-33-15-9-6-10-16-33)29-31-27-34(44-5)22-24-38(31)45-25-26-46-48(40(2,3)4,35-17-11-7-12-18-35)36-19-13-8-14-20-36;1-20(31)30(25-18-22(29)11-13-27(25)35-23-9-7-6-8-10-23)19-21-17-24(32-5)12-14-26(21)33-15-16-34-28(2,3)4/h6-24,27-28H,25-26,29H2,1-5H3;6-14,17-18H,15-16,19H2,1-5H3. The Hall–Kier alpha value is -8.50. The van der Waals surface area contributed by atoms with Crippen molar-refractivity contribution in [1.29, 1.82) is 0 Å². The van der Waals surface area contributed by atoms with Gasteiger partial charge < -0.3 is 47.4 Å². The molecule has 12 nitrogen and oxygen atoms in total. The fourth-order valence-electron chi connectivity index (χ4n) is 9.38. The number of hydrogen-bond acceptors (Lipinski definition) is 10. The first-order valence-corrected chi connectivity index (χ1v) is 29.3. The molecule has 2 amide bonds. The number of hydrogen-bond donors (Lipinski definition) is 0. The molecule has 434 valence electrons. The Morgan fingerprint density at radius 2 is 0.819 bits per heavy atom. The van der Waals surface area contributed by atoms with E-state index in [1.165, 1.54) is 70.4 Å². The van der Waals surface area contributed by atoms with Gasteiger partial charge >= 0.3 is 0 Å². The van der Waals surface area contributed by atoms with Crippen LogP contribution >= 0.6 is 0 Å². The molecule has 0 fully saturated rings. The van der Waals surface area contributed by atoms with E-state index >= 15 is 0 Å². The Labute approximate surface area is 488 Å². The molecule has 0 saturated carbocycles. The number of rotatable bonds is 23. The van der Waals surface area contributed by atoms with Gasteiger partial charge in [0.2, 0.25) is 11.8 Å². The molecule has 0 aliphatic rings. The van der Waals surface area contributed by atoms with Crippen LogP contribution in [0, 0.1) is 11.6 Å². The van der Waals surface area contributed by atoms with Gasteiger partial charge in [0, 0.05) is 37.1 Å². The molecule has 0 aliphatic heterocycles. The second kappa shape index (κ2) is 29.0. The molecule has 8 rings (SSSR count). The summed E-state index contributed by atoms with van der Waals surface area (Å²) in [5.41, 5.74) is 1.72. The van der Waals surface area contributed by atoms with Crippen molar-refractivity contribution >= 4 is 41.9 Å². The van der Waals surface area contributed by atoms with Crippen molar-refractivity contribution in [3.63, 3.8) is 0 Å². The number of para-hydroxylation sites is 2. The molecule has 0 aromatic heterocycles. The first-order valence-electron chi connectivity index (χ1n) is 27.4. The van der Waals surface area contributed by atoms with Gasteiger partial charge in [0.05, 0.1) is 57.5 Å². The summed E-state index contributed by atoms with van der Waals surface area (Å²) in [6.07, 6.45) is 0. The molecule has 0 radical (unpaired) electrons. The lowest BCUT2D eigenvalue weighted by molar-refractivity contribution is -0.117. The molecule has 0 unspecified atom stereocenters. The van der Waals surface area contributed by atoms with Gasteiger partial charge in [0.1, 0.15) is 59.3 Å².